The second-order valence-electron chi connectivity index (χ2n) is 5.04. The Bertz CT molecular complexity index is 821. The summed E-state index contributed by atoms with van der Waals surface area (Å²) in [4.78, 5) is 15.9. The molecule has 0 saturated carbocycles. The van der Waals surface area contributed by atoms with Crippen LogP contribution in [0.3, 0.4) is 0 Å². The predicted molar refractivity (Wildman–Crippen MR) is 86.8 cm³/mol. The first kappa shape index (κ1) is 17.3. The van der Waals surface area contributed by atoms with Crippen molar-refractivity contribution >= 4 is 26.8 Å². The first-order valence-electron chi connectivity index (χ1n) is 7.03. The molecule has 7 nitrogen and oxygen atoms in total. The number of likely N-dealkylation sites (N-methyl/N-ethyl adjacent to an activating group) is 1. The van der Waals surface area contributed by atoms with E-state index < -0.39 is 16.0 Å². The quantitative estimate of drug-likeness (QED) is 0.761. The van der Waals surface area contributed by atoms with Crippen molar-refractivity contribution < 1.29 is 17.9 Å². The average molecular weight is 337 g/mol. The lowest BCUT2D eigenvalue weighted by Crippen LogP contribution is -2.37. The van der Waals surface area contributed by atoms with E-state index in [1.54, 1.807) is 25.2 Å². The third-order valence-electron chi connectivity index (χ3n) is 3.51. The maximum Gasteiger partial charge on any atom is 0.357 e. The van der Waals surface area contributed by atoms with Crippen molar-refractivity contribution in [3.05, 3.63) is 36.2 Å². The number of sulfonamides is 1. The second-order valence-corrected chi connectivity index (χ2v) is 6.78. The van der Waals surface area contributed by atoms with Gasteiger partial charge in [0, 0.05) is 29.6 Å². The van der Waals surface area contributed by atoms with Crippen molar-refractivity contribution in [1.82, 2.24) is 15.0 Å². The molecule has 0 aliphatic heterocycles. The highest BCUT2D eigenvalue weighted by Gasteiger charge is 2.20. The molecule has 8 heteroatoms. The normalized spacial score (nSPS) is 13.0. The molecule has 0 fully saturated rings. The Balaban J connectivity index is 2.52. The molecular formula is C15H19N3O4S. The topological polar surface area (TPSA) is 97.4 Å². The zero-order chi connectivity index (χ0) is 17.0. The Kier molecular flexibility index (Phi) is 5.30. The number of pyridine rings is 1. The summed E-state index contributed by atoms with van der Waals surface area (Å²) in [5.41, 5.74) is 0.0886. The molecule has 0 saturated heterocycles. The first-order valence-corrected chi connectivity index (χ1v) is 8.52. The summed E-state index contributed by atoms with van der Waals surface area (Å²) in [7, 11) is -0.702. The lowest BCUT2D eigenvalue weighted by atomic mass is 10.1. The van der Waals surface area contributed by atoms with Crippen LogP contribution in [-0.2, 0) is 14.8 Å². The van der Waals surface area contributed by atoms with Gasteiger partial charge in [0.25, 0.3) is 0 Å². The molecule has 2 rings (SSSR count). The summed E-state index contributed by atoms with van der Waals surface area (Å²) in [6.07, 6.45) is 1.39. The van der Waals surface area contributed by atoms with Crippen LogP contribution < -0.4 is 10.0 Å². The van der Waals surface area contributed by atoms with Gasteiger partial charge in [-0.15, -0.1) is 0 Å². The summed E-state index contributed by atoms with van der Waals surface area (Å²) >= 11 is 0. The van der Waals surface area contributed by atoms with Crippen LogP contribution in [0.4, 0.5) is 0 Å². The van der Waals surface area contributed by atoms with Crippen LogP contribution in [0.25, 0.3) is 10.8 Å². The van der Waals surface area contributed by atoms with E-state index in [-0.39, 0.29) is 23.2 Å². The molecule has 0 aliphatic rings. The van der Waals surface area contributed by atoms with Gasteiger partial charge in [-0.25, -0.2) is 22.9 Å². The Hall–Kier alpha value is -2.03. The van der Waals surface area contributed by atoms with Crippen LogP contribution in [0, 0.1) is 0 Å². The smallest absolute Gasteiger partial charge is 0.357 e. The van der Waals surface area contributed by atoms with Gasteiger partial charge < -0.3 is 10.1 Å². The molecular weight excluding hydrogens is 318 g/mol. The molecule has 1 aromatic carbocycles. The number of aromatic nitrogens is 1. The van der Waals surface area contributed by atoms with Gasteiger partial charge in [0.05, 0.1) is 12.0 Å². The van der Waals surface area contributed by atoms with Crippen molar-refractivity contribution in [2.45, 2.75) is 17.9 Å². The molecule has 2 aromatic rings. The third kappa shape index (κ3) is 3.66. The minimum Gasteiger partial charge on any atom is -0.464 e. The van der Waals surface area contributed by atoms with Crippen LogP contribution in [0.2, 0.25) is 0 Å². The maximum atomic E-state index is 12.5. The average Bonchev–Trinajstić information content (AvgIpc) is 2.57. The van der Waals surface area contributed by atoms with Gasteiger partial charge in [-0.3, -0.25) is 0 Å². The number of benzene rings is 1. The van der Waals surface area contributed by atoms with Crippen molar-refractivity contribution in [2.75, 3.05) is 20.7 Å². The van der Waals surface area contributed by atoms with Crippen molar-refractivity contribution in [3.63, 3.8) is 0 Å². The van der Waals surface area contributed by atoms with E-state index in [4.69, 9.17) is 0 Å². The maximum absolute atomic E-state index is 12.5. The lowest BCUT2D eigenvalue weighted by molar-refractivity contribution is 0.0596. The Morgan fingerprint density at radius 3 is 2.70 bits per heavy atom. The van der Waals surface area contributed by atoms with E-state index in [2.05, 4.69) is 19.8 Å². The summed E-state index contributed by atoms with van der Waals surface area (Å²) < 4.78 is 32.3. The number of hydrogen-bond acceptors (Lipinski definition) is 6. The molecule has 23 heavy (non-hydrogen) atoms. The van der Waals surface area contributed by atoms with E-state index in [0.29, 0.717) is 10.8 Å². The number of fused-ring (bicyclic) bond motifs is 1. The van der Waals surface area contributed by atoms with E-state index >= 15 is 0 Å². The van der Waals surface area contributed by atoms with Gasteiger partial charge in [0.2, 0.25) is 10.0 Å². The van der Waals surface area contributed by atoms with Crippen molar-refractivity contribution in [2.24, 2.45) is 0 Å². The van der Waals surface area contributed by atoms with Crippen molar-refractivity contribution in [3.8, 4) is 0 Å². The summed E-state index contributed by atoms with van der Waals surface area (Å²) in [6.45, 7) is 2.12. The number of esters is 1. The van der Waals surface area contributed by atoms with E-state index in [9.17, 15) is 13.2 Å². The number of methoxy groups -OCH3 is 1. The fourth-order valence-electron chi connectivity index (χ4n) is 2.09. The number of ether oxygens (including phenoxy) is 1. The highest BCUT2D eigenvalue weighted by atomic mass is 32.2. The molecule has 2 N–H and O–H groups in total. The Morgan fingerprint density at radius 2 is 2.04 bits per heavy atom. The van der Waals surface area contributed by atoms with Crippen LogP contribution in [0.1, 0.15) is 17.4 Å². The van der Waals surface area contributed by atoms with Gasteiger partial charge >= 0.3 is 5.97 Å². The lowest BCUT2D eigenvalue weighted by Gasteiger charge is -2.13. The monoisotopic (exact) mass is 337 g/mol. The Labute approximate surface area is 135 Å². The van der Waals surface area contributed by atoms with Crippen molar-refractivity contribution in [1.29, 1.82) is 0 Å². The van der Waals surface area contributed by atoms with Gasteiger partial charge in [0.15, 0.2) is 5.69 Å². The number of carbonyl (C=O) groups is 1. The summed E-state index contributed by atoms with van der Waals surface area (Å²) in [6, 6.07) is 6.27. The third-order valence-corrected chi connectivity index (χ3v) is 4.99. The molecule has 124 valence electrons. The number of nitrogens with zero attached hydrogens (tertiary/aromatic N) is 1. The van der Waals surface area contributed by atoms with E-state index in [1.807, 2.05) is 6.92 Å². The molecule has 0 bridgehead atoms. The SMILES string of the molecule is CNC(C)CNS(=O)(=O)c1cccc2c(C(=O)OC)nccc12. The molecule has 1 atom stereocenters. The summed E-state index contributed by atoms with van der Waals surface area (Å²) in [5.74, 6) is -0.609. The predicted octanol–water partition coefficient (Wildman–Crippen LogP) is 0.908. The Morgan fingerprint density at radius 1 is 1.30 bits per heavy atom. The number of carbonyl (C=O) groups excluding carboxylic acids is 1. The second kappa shape index (κ2) is 7.03. The minimum absolute atomic E-state index is 0.00736. The highest BCUT2D eigenvalue weighted by Crippen LogP contribution is 2.24. The molecule has 0 spiro atoms. The zero-order valence-electron chi connectivity index (χ0n) is 13.2. The van der Waals surface area contributed by atoms with Gasteiger partial charge in [-0.1, -0.05) is 12.1 Å². The van der Waals surface area contributed by atoms with Gasteiger partial charge in [0.1, 0.15) is 0 Å². The number of nitrogens with one attached hydrogen (secondary N) is 2. The van der Waals surface area contributed by atoms with Crippen LogP contribution in [0.15, 0.2) is 35.4 Å². The number of rotatable bonds is 6. The van der Waals surface area contributed by atoms with Crippen LogP contribution >= 0.6 is 0 Å². The van der Waals surface area contributed by atoms with E-state index in [0.717, 1.165) is 0 Å². The zero-order valence-corrected chi connectivity index (χ0v) is 14.0. The minimum atomic E-state index is -3.71. The molecule has 1 unspecified atom stereocenters. The van der Waals surface area contributed by atoms with Crippen LogP contribution in [-0.4, -0.2) is 46.1 Å². The van der Waals surface area contributed by atoms with Gasteiger partial charge in [-0.05, 0) is 26.1 Å². The molecule has 1 heterocycles. The van der Waals surface area contributed by atoms with Crippen LogP contribution in [0.5, 0.6) is 0 Å². The van der Waals surface area contributed by atoms with E-state index in [1.165, 1.54) is 19.4 Å². The summed E-state index contributed by atoms with van der Waals surface area (Å²) in [5, 5.41) is 3.82. The molecule has 1 aromatic heterocycles. The molecule has 0 aliphatic carbocycles. The standard InChI is InChI=1S/C15H19N3O4S/c1-10(16-2)9-18-23(20,21)13-6-4-5-12-11(13)7-8-17-14(12)15(19)22-3/h4-8,10,16,18H,9H2,1-3H3. The highest BCUT2D eigenvalue weighted by molar-refractivity contribution is 7.89. The fourth-order valence-corrected chi connectivity index (χ4v) is 3.44. The molecule has 0 amide bonds. The first-order chi connectivity index (χ1) is 10.9. The number of hydrogen-bond donors (Lipinski definition) is 2. The molecule has 0 radical (unpaired) electrons. The van der Waals surface area contributed by atoms with Gasteiger partial charge in [-0.2, -0.15) is 0 Å². The fraction of sp³-hybridized carbons (Fsp3) is 0.333. The largest absolute Gasteiger partial charge is 0.464 e.